The highest BCUT2D eigenvalue weighted by Gasteiger charge is 2.29. The summed E-state index contributed by atoms with van der Waals surface area (Å²) in [5.74, 6) is -4.94. The highest BCUT2D eigenvalue weighted by molar-refractivity contribution is 5.94. The first kappa shape index (κ1) is 13.9. The Morgan fingerprint density at radius 2 is 1.74 bits per heavy atom. The summed E-state index contributed by atoms with van der Waals surface area (Å²) in [6, 6.07) is 1.38. The van der Waals surface area contributed by atoms with Crippen molar-refractivity contribution in [3.63, 3.8) is 0 Å². The molecule has 1 amide bonds. The molecule has 3 nitrogen and oxygen atoms in total. The average Bonchev–Trinajstić information content (AvgIpc) is 2.35. The number of carbonyl (C=O) groups is 1. The van der Waals surface area contributed by atoms with Crippen molar-refractivity contribution in [3.05, 3.63) is 35.1 Å². The Morgan fingerprint density at radius 3 is 2.26 bits per heavy atom. The molecule has 1 saturated heterocycles. The lowest BCUT2D eigenvalue weighted by Crippen LogP contribution is -2.49. The molecule has 1 N–H and O–H groups in total. The Kier molecular flexibility index (Phi) is 3.80. The van der Waals surface area contributed by atoms with Crippen molar-refractivity contribution in [1.29, 1.82) is 0 Å². The largest absolute Gasteiger partial charge is 0.381 e. The van der Waals surface area contributed by atoms with Crippen LogP contribution in [0.5, 0.6) is 0 Å². The van der Waals surface area contributed by atoms with Gasteiger partial charge in [-0.1, -0.05) is 0 Å². The molecule has 1 aromatic rings. The zero-order chi connectivity index (χ0) is 14.0. The maximum absolute atomic E-state index is 13.1. The van der Waals surface area contributed by atoms with Crippen LogP contribution in [0, 0.1) is 17.5 Å². The summed E-state index contributed by atoms with van der Waals surface area (Å²) < 4.78 is 44.1. The van der Waals surface area contributed by atoms with E-state index in [9.17, 15) is 18.0 Å². The smallest absolute Gasteiger partial charge is 0.251 e. The number of ether oxygens (including phenoxy) is 1. The molecule has 1 aliphatic heterocycles. The van der Waals surface area contributed by atoms with E-state index in [4.69, 9.17) is 4.74 Å². The molecule has 0 radical (unpaired) electrons. The molecule has 19 heavy (non-hydrogen) atoms. The molecule has 0 spiro atoms. The van der Waals surface area contributed by atoms with Gasteiger partial charge in [0, 0.05) is 24.3 Å². The van der Waals surface area contributed by atoms with Gasteiger partial charge in [0.25, 0.3) is 5.91 Å². The van der Waals surface area contributed by atoms with Crippen LogP contribution < -0.4 is 5.32 Å². The van der Waals surface area contributed by atoms with Crippen LogP contribution in [0.4, 0.5) is 13.2 Å². The van der Waals surface area contributed by atoms with Crippen LogP contribution >= 0.6 is 0 Å². The first-order valence-electron chi connectivity index (χ1n) is 5.96. The van der Waals surface area contributed by atoms with Crippen LogP contribution in [0.15, 0.2) is 12.1 Å². The van der Waals surface area contributed by atoms with Crippen molar-refractivity contribution in [2.75, 3.05) is 13.2 Å². The van der Waals surface area contributed by atoms with E-state index in [1.807, 2.05) is 6.92 Å². The number of rotatable bonds is 2. The van der Waals surface area contributed by atoms with Gasteiger partial charge < -0.3 is 10.1 Å². The minimum absolute atomic E-state index is 0.232. The number of nitrogens with one attached hydrogen (secondary N) is 1. The molecule has 6 heteroatoms. The quantitative estimate of drug-likeness (QED) is 0.840. The summed E-state index contributed by atoms with van der Waals surface area (Å²) in [5, 5.41) is 2.71. The maximum Gasteiger partial charge on any atom is 0.251 e. The van der Waals surface area contributed by atoms with E-state index in [1.165, 1.54) is 0 Å². The minimum atomic E-state index is -1.58. The predicted molar refractivity (Wildman–Crippen MR) is 62.2 cm³/mol. The predicted octanol–water partition coefficient (Wildman–Crippen LogP) is 2.40. The Bertz CT molecular complexity index is 476. The number of benzene rings is 1. The Morgan fingerprint density at radius 1 is 1.21 bits per heavy atom. The summed E-state index contributed by atoms with van der Waals surface area (Å²) in [6.45, 7) is 2.87. The minimum Gasteiger partial charge on any atom is -0.381 e. The van der Waals surface area contributed by atoms with Crippen LogP contribution in [0.2, 0.25) is 0 Å². The molecule has 1 fully saturated rings. The van der Waals surface area contributed by atoms with Crippen molar-refractivity contribution < 1.29 is 22.7 Å². The van der Waals surface area contributed by atoms with Gasteiger partial charge in [-0.3, -0.25) is 4.79 Å². The second-order valence-corrected chi connectivity index (χ2v) is 4.88. The summed E-state index contributed by atoms with van der Waals surface area (Å²) in [5.41, 5.74) is -0.708. The Hall–Kier alpha value is -1.56. The highest BCUT2D eigenvalue weighted by atomic mass is 19.2. The first-order valence-corrected chi connectivity index (χ1v) is 5.96. The standard InChI is InChI=1S/C13H14F3NO2/c1-13(2-4-19-5-3-13)17-12(18)8-6-9(14)11(16)10(15)7-8/h6-7H,2-5H2,1H3,(H,17,18). The van der Waals surface area contributed by atoms with Gasteiger partial charge in [-0.15, -0.1) is 0 Å². The second-order valence-electron chi connectivity index (χ2n) is 4.88. The van der Waals surface area contributed by atoms with Gasteiger partial charge in [-0.05, 0) is 31.9 Å². The van der Waals surface area contributed by atoms with E-state index in [-0.39, 0.29) is 5.56 Å². The third-order valence-electron chi connectivity index (χ3n) is 3.26. The lowest BCUT2D eigenvalue weighted by atomic mass is 9.92. The molecule has 0 aliphatic carbocycles. The molecule has 104 valence electrons. The molecule has 0 bridgehead atoms. The lowest BCUT2D eigenvalue weighted by molar-refractivity contribution is 0.0422. The van der Waals surface area contributed by atoms with Crippen LogP contribution in [-0.2, 0) is 4.74 Å². The second kappa shape index (κ2) is 5.21. The van der Waals surface area contributed by atoms with Gasteiger partial charge in [0.05, 0.1) is 0 Å². The number of hydrogen-bond donors (Lipinski definition) is 1. The molecule has 1 aliphatic rings. The lowest BCUT2D eigenvalue weighted by Gasteiger charge is -2.34. The van der Waals surface area contributed by atoms with Crippen LogP contribution in [0.25, 0.3) is 0 Å². The number of hydrogen-bond acceptors (Lipinski definition) is 2. The summed E-state index contributed by atoms with van der Waals surface area (Å²) in [7, 11) is 0. The van der Waals surface area contributed by atoms with Gasteiger partial charge in [0.15, 0.2) is 17.5 Å². The Labute approximate surface area is 108 Å². The van der Waals surface area contributed by atoms with Gasteiger partial charge in [-0.2, -0.15) is 0 Å². The van der Waals surface area contributed by atoms with Gasteiger partial charge in [0.2, 0.25) is 0 Å². The summed E-state index contributed by atoms with van der Waals surface area (Å²) >= 11 is 0. The normalized spacial score (nSPS) is 18.1. The molecule has 2 rings (SSSR count). The van der Waals surface area contributed by atoms with E-state index in [1.54, 1.807) is 0 Å². The number of carbonyl (C=O) groups excluding carboxylic acids is 1. The molecule has 1 aromatic carbocycles. The fourth-order valence-corrected chi connectivity index (χ4v) is 1.98. The molecule has 0 saturated carbocycles. The fourth-order valence-electron chi connectivity index (χ4n) is 1.98. The van der Waals surface area contributed by atoms with Gasteiger partial charge in [0.1, 0.15) is 0 Å². The number of halogens is 3. The van der Waals surface area contributed by atoms with Crippen molar-refractivity contribution in [2.24, 2.45) is 0 Å². The first-order chi connectivity index (χ1) is 8.91. The molecular formula is C13H14F3NO2. The van der Waals surface area contributed by atoms with Crippen molar-refractivity contribution in [1.82, 2.24) is 5.32 Å². The number of amides is 1. The highest BCUT2D eigenvalue weighted by Crippen LogP contribution is 2.21. The molecule has 0 aromatic heterocycles. The van der Waals surface area contributed by atoms with E-state index in [0.717, 1.165) is 0 Å². The zero-order valence-corrected chi connectivity index (χ0v) is 10.4. The van der Waals surface area contributed by atoms with E-state index in [2.05, 4.69) is 5.32 Å². The van der Waals surface area contributed by atoms with Crippen LogP contribution in [0.3, 0.4) is 0 Å². The van der Waals surface area contributed by atoms with Crippen molar-refractivity contribution in [3.8, 4) is 0 Å². The SMILES string of the molecule is CC1(NC(=O)c2cc(F)c(F)c(F)c2)CCOCC1. The van der Waals surface area contributed by atoms with Gasteiger partial charge >= 0.3 is 0 Å². The monoisotopic (exact) mass is 273 g/mol. The van der Waals surface area contributed by atoms with Gasteiger partial charge in [-0.25, -0.2) is 13.2 Å². The summed E-state index contributed by atoms with van der Waals surface area (Å²) in [6.07, 6.45) is 1.23. The molecule has 0 unspecified atom stereocenters. The van der Waals surface area contributed by atoms with E-state index < -0.39 is 28.9 Å². The van der Waals surface area contributed by atoms with Crippen molar-refractivity contribution in [2.45, 2.75) is 25.3 Å². The average molecular weight is 273 g/mol. The fraction of sp³-hybridized carbons (Fsp3) is 0.462. The Balaban J connectivity index is 2.16. The third-order valence-corrected chi connectivity index (χ3v) is 3.26. The molecular weight excluding hydrogens is 259 g/mol. The van der Waals surface area contributed by atoms with E-state index in [0.29, 0.717) is 38.2 Å². The summed E-state index contributed by atoms with van der Waals surface area (Å²) in [4.78, 5) is 11.9. The maximum atomic E-state index is 13.1. The van der Waals surface area contributed by atoms with Crippen LogP contribution in [0.1, 0.15) is 30.1 Å². The van der Waals surface area contributed by atoms with Crippen LogP contribution in [-0.4, -0.2) is 24.7 Å². The zero-order valence-electron chi connectivity index (χ0n) is 10.4. The van der Waals surface area contributed by atoms with Crippen molar-refractivity contribution >= 4 is 5.91 Å². The molecule has 0 atom stereocenters. The van der Waals surface area contributed by atoms with E-state index >= 15 is 0 Å². The molecule has 1 heterocycles. The topological polar surface area (TPSA) is 38.3 Å². The third kappa shape index (κ3) is 3.07.